The van der Waals surface area contributed by atoms with E-state index < -0.39 is 0 Å². The molecular weight excluding hydrogens is 354 g/mol. The predicted octanol–water partition coefficient (Wildman–Crippen LogP) is 3.35. The van der Waals surface area contributed by atoms with Gasteiger partial charge in [-0.1, -0.05) is 30.7 Å². The molecule has 0 aromatic carbocycles. The summed E-state index contributed by atoms with van der Waals surface area (Å²) in [6.45, 7) is 1.78. The van der Waals surface area contributed by atoms with Gasteiger partial charge in [0.1, 0.15) is 5.03 Å². The molecule has 1 aliphatic rings. The van der Waals surface area contributed by atoms with E-state index in [0.29, 0.717) is 11.4 Å². The maximum Gasteiger partial charge on any atom is 0.232 e. The fraction of sp³-hybridized carbons (Fsp3) is 0.412. The van der Waals surface area contributed by atoms with E-state index in [9.17, 15) is 4.79 Å². The van der Waals surface area contributed by atoms with Gasteiger partial charge in [-0.2, -0.15) is 9.61 Å². The van der Waals surface area contributed by atoms with Crippen molar-refractivity contribution in [2.45, 2.75) is 30.7 Å². The van der Waals surface area contributed by atoms with E-state index in [1.807, 2.05) is 34.5 Å². The lowest BCUT2D eigenvalue weighted by Gasteiger charge is -2.19. The van der Waals surface area contributed by atoms with Gasteiger partial charge in [-0.25, -0.2) is 0 Å². The second-order valence-corrected chi connectivity index (χ2v) is 7.97. The highest BCUT2D eigenvalue weighted by atomic mass is 32.2. The predicted molar refractivity (Wildman–Crippen MR) is 99.9 cm³/mol. The number of thiophene rings is 1. The minimum atomic E-state index is 0.205. The van der Waals surface area contributed by atoms with Crippen LogP contribution in [0.2, 0.25) is 0 Å². The molecule has 4 heterocycles. The number of nitrogens with zero attached hydrogens (tertiary/aromatic N) is 5. The Morgan fingerprint density at radius 1 is 1.12 bits per heavy atom. The molecule has 6 nitrogen and oxygen atoms in total. The van der Waals surface area contributed by atoms with E-state index in [-0.39, 0.29) is 5.91 Å². The van der Waals surface area contributed by atoms with E-state index in [2.05, 4.69) is 15.3 Å². The summed E-state index contributed by atoms with van der Waals surface area (Å²) in [6, 6.07) is 7.80. The molecule has 0 aliphatic carbocycles. The molecule has 0 saturated carbocycles. The second kappa shape index (κ2) is 7.53. The van der Waals surface area contributed by atoms with Crippen molar-refractivity contribution in [3.05, 3.63) is 29.6 Å². The first-order valence-corrected chi connectivity index (χ1v) is 10.3. The fourth-order valence-corrected chi connectivity index (χ4v) is 4.41. The molecule has 1 amide bonds. The quantitative estimate of drug-likeness (QED) is 0.656. The molecule has 4 rings (SSSR count). The SMILES string of the molecule is O=C(CSc1ccc2nnc(-c3cccs3)n2n1)N1CCCCCC1. The lowest BCUT2D eigenvalue weighted by molar-refractivity contribution is -0.128. The summed E-state index contributed by atoms with van der Waals surface area (Å²) >= 11 is 3.09. The van der Waals surface area contributed by atoms with Gasteiger partial charge in [-0.05, 0) is 36.4 Å². The second-order valence-electron chi connectivity index (χ2n) is 6.03. The van der Waals surface area contributed by atoms with Gasteiger partial charge in [-0.15, -0.1) is 21.5 Å². The normalized spacial score (nSPS) is 15.4. The van der Waals surface area contributed by atoms with Crippen LogP contribution in [-0.4, -0.2) is 49.5 Å². The zero-order valence-electron chi connectivity index (χ0n) is 13.8. The zero-order chi connectivity index (χ0) is 17.1. The smallest absolute Gasteiger partial charge is 0.232 e. The van der Waals surface area contributed by atoms with Crippen LogP contribution in [0.15, 0.2) is 34.7 Å². The van der Waals surface area contributed by atoms with Crippen molar-refractivity contribution in [3.63, 3.8) is 0 Å². The third-order valence-corrected chi connectivity index (χ3v) is 6.05. The number of aromatic nitrogens is 4. The average Bonchev–Trinajstić information content (AvgIpc) is 3.22. The summed E-state index contributed by atoms with van der Waals surface area (Å²) in [4.78, 5) is 15.5. The molecule has 1 fully saturated rings. The number of rotatable bonds is 4. The van der Waals surface area contributed by atoms with E-state index in [1.54, 1.807) is 15.9 Å². The number of fused-ring (bicyclic) bond motifs is 1. The Labute approximate surface area is 154 Å². The molecule has 0 spiro atoms. The Morgan fingerprint density at radius 2 is 1.96 bits per heavy atom. The van der Waals surface area contributed by atoms with Gasteiger partial charge in [-0.3, -0.25) is 4.79 Å². The van der Waals surface area contributed by atoms with Crippen molar-refractivity contribution in [2.24, 2.45) is 0 Å². The van der Waals surface area contributed by atoms with Crippen molar-refractivity contribution in [1.29, 1.82) is 0 Å². The van der Waals surface area contributed by atoms with Gasteiger partial charge in [0.15, 0.2) is 11.5 Å². The summed E-state index contributed by atoms with van der Waals surface area (Å²) < 4.78 is 1.75. The molecule has 130 valence electrons. The lowest BCUT2D eigenvalue weighted by Crippen LogP contribution is -2.33. The van der Waals surface area contributed by atoms with Crippen molar-refractivity contribution < 1.29 is 4.79 Å². The zero-order valence-corrected chi connectivity index (χ0v) is 15.4. The monoisotopic (exact) mass is 373 g/mol. The molecule has 0 unspecified atom stereocenters. The standard InChI is InChI=1S/C17H19N5OS2/c23-16(21-9-3-1-2-4-10-21)12-25-15-8-7-14-18-19-17(22(14)20-15)13-6-5-11-24-13/h5-8,11H,1-4,9-10,12H2. The van der Waals surface area contributed by atoms with Crippen LogP contribution in [0.25, 0.3) is 16.3 Å². The number of amides is 1. The third-order valence-electron chi connectivity index (χ3n) is 4.28. The molecule has 0 bridgehead atoms. The Hall–Kier alpha value is -1.93. The number of carbonyl (C=O) groups excluding carboxylic acids is 1. The maximum atomic E-state index is 12.4. The minimum absolute atomic E-state index is 0.205. The number of hydrogen-bond donors (Lipinski definition) is 0. The largest absolute Gasteiger partial charge is 0.342 e. The van der Waals surface area contributed by atoms with Gasteiger partial charge in [0.05, 0.1) is 10.6 Å². The topological polar surface area (TPSA) is 63.4 Å². The highest BCUT2D eigenvalue weighted by molar-refractivity contribution is 7.99. The summed E-state index contributed by atoms with van der Waals surface area (Å²) in [6.07, 6.45) is 4.69. The number of hydrogen-bond acceptors (Lipinski definition) is 6. The summed E-state index contributed by atoms with van der Waals surface area (Å²) in [5, 5.41) is 15.8. The molecule has 1 saturated heterocycles. The van der Waals surface area contributed by atoms with Gasteiger partial charge >= 0.3 is 0 Å². The first-order chi connectivity index (χ1) is 12.3. The minimum Gasteiger partial charge on any atom is -0.342 e. The number of likely N-dealkylation sites (tertiary alicyclic amines) is 1. The van der Waals surface area contributed by atoms with Crippen LogP contribution in [0.5, 0.6) is 0 Å². The molecule has 25 heavy (non-hydrogen) atoms. The molecule has 3 aromatic rings. The van der Waals surface area contributed by atoms with Crippen LogP contribution in [-0.2, 0) is 4.79 Å². The molecule has 0 radical (unpaired) electrons. The van der Waals surface area contributed by atoms with Gasteiger partial charge in [0.2, 0.25) is 5.91 Å². The maximum absolute atomic E-state index is 12.4. The molecular formula is C17H19N5OS2. The Morgan fingerprint density at radius 3 is 2.72 bits per heavy atom. The van der Waals surface area contributed by atoms with Crippen molar-refractivity contribution in [1.82, 2.24) is 24.7 Å². The van der Waals surface area contributed by atoms with Gasteiger partial charge < -0.3 is 4.90 Å². The van der Waals surface area contributed by atoms with Gasteiger partial charge in [0.25, 0.3) is 0 Å². The van der Waals surface area contributed by atoms with E-state index >= 15 is 0 Å². The van der Waals surface area contributed by atoms with Crippen molar-refractivity contribution in [2.75, 3.05) is 18.8 Å². The first kappa shape index (κ1) is 16.5. The van der Waals surface area contributed by atoms with Crippen LogP contribution in [0, 0.1) is 0 Å². The van der Waals surface area contributed by atoms with E-state index in [0.717, 1.165) is 41.7 Å². The van der Waals surface area contributed by atoms with Crippen LogP contribution in [0.3, 0.4) is 0 Å². The molecule has 1 aliphatic heterocycles. The highest BCUT2D eigenvalue weighted by Crippen LogP contribution is 2.24. The van der Waals surface area contributed by atoms with Crippen LogP contribution in [0.4, 0.5) is 0 Å². The van der Waals surface area contributed by atoms with Gasteiger partial charge in [0, 0.05) is 13.1 Å². The third kappa shape index (κ3) is 3.69. The number of thioether (sulfide) groups is 1. The highest BCUT2D eigenvalue weighted by Gasteiger charge is 2.16. The van der Waals surface area contributed by atoms with Crippen LogP contribution in [0.1, 0.15) is 25.7 Å². The molecule has 0 N–H and O–H groups in total. The van der Waals surface area contributed by atoms with E-state index in [1.165, 1.54) is 24.6 Å². The van der Waals surface area contributed by atoms with Crippen LogP contribution >= 0.6 is 23.1 Å². The van der Waals surface area contributed by atoms with Crippen molar-refractivity contribution in [3.8, 4) is 10.7 Å². The fourth-order valence-electron chi connectivity index (χ4n) is 2.96. The van der Waals surface area contributed by atoms with Crippen LogP contribution < -0.4 is 0 Å². The molecule has 0 atom stereocenters. The lowest BCUT2D eigenvalue weighted by atomic mass is 10.2. The first-order valence-electron chi connectivity index (χ1n) is 8.48. The molecule has 8 heteroatoms. The number of carbonyl (C=O) groups is 1. The van der Waals surface area contributed by atoms with Crippen molar-refractivity contribution >= 4 is 34.7 Å². The summed E-state index contributed by atoms with van der Waals surface area (Å²) in [7, 11) is 0. The average molecular weight is 374 g/mol. The summed E-state index contributed by atoms with van der Waals surface area (Å²) in [5.74, 6) is 1.37. The summed E-state index contributed by atoms with van der Waals surface area (Å²) in [5.41, 5.74) is 0.714. The molecule has 3 aromatic heterocycles. The Balaban J connectivity index is 1.48. The Kier molecular flexibility index (Phi) is 4.98. The Bertz CT molecular complexity index is 853. The van der Waals surface area contributed by atoms with E-state index in [4.69, 9.17) is 0 Å².